The van der Waals surface area contributed by atoms with Crippen molar-refractivity contribution in [2.45, 2.75) is 13.1 Å². The van der Waals surface area contributed by atoms with Crippen LogP contribution in [0.4, 0.5) is 0 Å². The van der Waals surface area contributed by atoms with Gasteiger partial charge in [0.25, 0.3) is 0 Å². The molecule has 0 amide bonds. The van der Waals surface area contributed by atoms with Gasteiger partial charge in [0.15, 0.2) is 23.0 Å². The van der Waals surface area contributed by atoms with Crippen molar-refractivity contribution >= 4 is 0 Å². The van der Waals surface area contributed by atoms with E-state index < -0.39 is 0 Å². The summed E-state index contributed by atoms with van der Waals surface area (Å²) >= 11 is 0. The second kappa shape index (κ2) is 13.3. The van der Waals surface area contributed by atoms with Gasteiger partial charge in [-0.3, -0.25) is 9.80 Å². The standard InChI is InChI=1S/C26H39N3O6/c1-30-21-9-7-19(23(32-3)25(21)34-5)17-27-11-12-28-13-15-29(16-14-28)18-20-8-10-22(31-2)26(35-6)24(20)33-4/h7-10,27H,11-18H2,1-6H3. The molecule has 3 rings (SSSR count). The first-order chi connectivity index (χ1) is 17.1. The summed E-state index contributed by atoms with van der Waals surface area (Å²) in [6.45, 7) is 7.44. The van der Waals surface area contributed by atoms with E-state index in [1.165, 1.54) is 0 Å². The van der Waals surface area contributed by atoms with E-state index in [0.29, 0.717) is 35.3 Å². The fourth-order valence-electron chi connectivity index (χ4n) is 4.46. The summed E-state index contributed by atoms with van der Waals surface area (Å²) in [6, 6.07) is 7.91. The van der Waals surface area contributed by atoms with Crippen molar-refractivity contribution in [2.75, 3.05) is 81.9 Å². The molecule has 0 aromatic heterocycles. The number of ether oxygens (including phenoxy) is 6. The average molecular weight is 490 g/mol. The van der Waals surface area contributed by atoms with Gasteiger partial charge in [-0.15, -0.1) is 0 Å². The third kappa shape index (κ3) is 6.42. The van der Waals surface area contributed by atoms with E-state index in [4.69, 9.17) is 28.4 Å². The monoisotopic (exact) mass is 489 g/mol. The minimum atomic E-state index is 0.622. The fraction of sp³-hybridized carbons (Fsp3) is 0.538. The molecule has 2 aromatic carbocycles. The maximum Gasteiger partial charge on any atom is 0.203 e. The predicted octanol–water partition coefficient (Wildman–Crippen LogP) is 2.65. The Kier molecular flexibility index (Phi) is 10.1. The second-order valence-electron chi connectivity index (χ2n) is 8.28. The molecule has 1 aliphatic heterocycles. The van der Waals surface area contributed by atoms with Gasteiger partial charge in [-0.05, 0) is 12.1 Å². The van der Waals surface area contributed by atoms with Crippen LogP contribution in [0.1, 0.15) is 11.1 Å². The molecule has 1 aliphatic rings. The van der Waals surface area contributed by atoms with E-state index in [0.717, 1.165) is 62.7 Å². The van der Waals surface area contributed by atoms with Gasteiger partial charge < -0.3 is 33.7 Å². The molecular formula is C26H39N3O6. The summed E-state index contributed by atoms with van der Waals surface area (Å²) in [5.41, 5.74) is 2.14. The molecule has 0 unspecified atom stereocenters. The molecule has 0 bridgehead atoms. The van der Waals surface area contributed by atoms with Crippen LogP contribution in [0.15, 0.2) is 24.3 Å². The Morgan fingerprint density at radius 1 is 0.600 bits per heavy atom. The maximum absolute atomic E-state index is 5.64. The molecule has 35 heavy (non-hydrogen) atoms. The van der Waals surface area contributed by atoms with Crippen LogP contribution in [-0.2, 0) is 13.1 Å². The minimum absolute atomic E-state index is 0.622. The molecule has 1 heterocycles. The van der Waals surface area contributed by atoms with E-state index in [-0.39, 0.29) is 0 Å². The lowest BCUT2D eigenvalue weighted by atomic mass is 10.1. The highest BCUT2D eigenvalue weighted by Crippen LogP contribution is 2.41. The van der Waals surface area contributed by atoms with Crippen molar-refractivity contribution in [3.05, 3.63) is 35.4 Å². The number of hydrogen-bond donors (Lipinski definition) is 1. The molecular weight excluding hydrogens is 450 g/mol. The van der Waals surface area contributed by atoms with Crippen molar-refractivity contribution in [2.24, 2.45) is 0 Å². The maximum atomic E-state index is 5.64. The third-order valence-corrected chi connectivity index (χ3v) is 6.35. The molecule has 1 N–H and O–H groups in total. The molecule has 1 saturated heterocycles. The first kappa shape index (κ1) is 26.7. The lowest BCUT2D eigenvalue weighted by Crippen LogP contribution is -2.47. The van der Waals surface area contributed by atoms with E-state index in [9.17, 15) is 0 Å². The second-order valence-corrected chi connectivity index (χ2v) is 8.28. The Bertz CT molecular complexity index is 944. The highest BCUT2D eigenvalue weighted by molar-refractivity contribution is 5.56. The zero-order valence-corrected chi connectivity index (χ0v) is 21.8. The van der Waals surface area contributed by atoms with E-state index >= 15 is 0 Å². The summed E-state index contributed by atoms with van der Waals surface area (Å²) in [4.78, 5) is 4.93. The highest BCUT2D eigenvalue weighted by Gasteiger charge is 2.21. The van der Waals surface area contributed by atoms with Crippen molar-refractivity contribution in [3.8, 4) is 34.5 Å². The van der Waals surface area contributed by atoms with Crippen LogP contribution < -0.4 is 33.7 Å². The smallest absolute Gasteiger partial charge is 0.203 e. The third-order valence-electron chi connectivity index (χ3n) is 6.35. The van der Waals surface area contributed by atoms with Crippen molar-refractivity contribution in [3.63, 3.8) is 0 Å². The number of rotatable bonds is 13. The molecule has 194 valence electrons. The van der Waals surface area contributed by atoms with Gasteiger partial charge >= 0.3 is 0 Å². The molecule has 2 aromatic rings. The molecule has 1 fully saturated rings. The average Bonchev–Trinajstić information content (AvgIpc) is 2.90. The number of piperazine rings is 1. The molecule has 0 saturated carbocycles. The molecule has 0 spiro atoms. The highest BCUT2D eigenvalue weighted by atomic mass is 16.5. The Labute approximate surface area is 208 Å². The van der Waals surface area contributed by atoms with E-state index in [1.54, 1.807) is 42.7 Å². The Hall–Kier alpha value is -2.88. The largest absolute Gasteiger partial charge is 0.493 e. The van der Waals surface area contributed by atoms with Gasteiger partial charge in [-0.25, -0.2) is 0 Å². The van der Waals surface area contributed by atoms with Gasteiger partial charge in [-0.1, -0.05) is 12.1 Å². The van der Waals surface area contributed by atoms with Gasteiger partial charge in [0.2, 0.25) is 11.5 Å². The summed E-state index contributed by atoms with van der Waals surface area (Å²) in [5, 5.41) is 3.53. The number of nitrogens with zero attached hydrogens (tertiary/aromatic N) is 2. The van der Waals surface area contributed by atoms with Gasteiger partial charge in [-0.2, -0.15) is 0 Å². The molecule has 9 heteroatoms. The Morgan fingerprint density at radius 2 is 1.09 bits per heavy atom. The van der Waals surface area contributed by atoms with Gasteiger partial charge in [0.05, 0.1) is 42.7 Å². The zero-order chi connectivity index (χ0) is 25.2. The van der Waals surface area contributed by atoms with Crippen LogP contribution >= 0.6 is 0 Å². The van der Waals surface area contributed by atoms with Crippen LogP contribution in [-0.4, -0.2) is 91.7 Å². The summed E-state index contributed by atoms with van der Waals surface area (Å²) < 4.78 is 33.0. The van der Waals surface area contributed by atoms with Crippen LogP contribution in [0.25, 0.3) is 0 Å². The van der Waals surface area contributed by atoms with E-state index in [1.807, 2.05) is 18.2 Å². The first-order valence-corrected chi connectivity index (χ1v) is 11.8. The number of nitrogens with one attached hydrogen (secondary N) is 1. The zero-order valence-electron chi connectivity index (χ0n) is 21.8. The van der Waals surface area contributed by atoms with Crippen LogP contribution in [0.5, 0.6) is 34.5 Å². The summed E-state index contributed by atoms with van der Waals surface area (Å²) in [5.74, 6) is 4.05. The van der Waals surface area contributed by atoms with Gasteiger partial charge in [0.1, 0.15) is 0 Å². The van der Waals surface area contributed by atoms with Crippen molar-refractivity contribution < 1.29 is 28.4 Å². The summed E-state index contributed by atoms with van der Waals surface area (Å²) in [7, 11) is 9.84. The molecule has 0 atom stereocenters. The fourth-order valence-corrected chi connectivity index (χ4v) is 4.46. The van der Waals surface area contributed by atoms with Gasteiger partial charge in [0, 0.05) is 63.5 Å². The molecule has 0 radical (unpaired) electrons. The predicted molar refractivity (Wildman–Crippen MR) is 136 cm³/mol. The number of benzene rings is 2. The number of hydrogen-bond acceptors (Lipinski definition) is 9. The van der Waals surface area contributed by atoms with Crippen LogP contribution in [0, 0.1) is 0 Å². The quantitative estimate of drug-likeness (QED) is 0.428. The Morgan fingerprint density at radius 3 is 1.60 bits per heavy atom. The van der Waals surface area contributed by atoms with Crippen LogP contribution in [0.2, 0.25) is 0 Å². The Balaban J connectivity index is 1.47. The van der Waals surface area contributed by atoms with Crippen molar-refractivity contribution in [1.82, 2.24) is 15.1 Å². The lowest BCUT2D eigenvalue weighted by Gasteiger charge is -2.35. The summed E-state index contributed by atoms with van der Waals surface area (Å²) in [6.07, 6.45) is 0. The molecule has 0 aliphatic carbocycles. The lowest BCUT2D eigenvalue weighted by molar-refractivity contribution is 0.126. The van der Waals surface area contributed by atoms with Crippen LogP contribution in [0.3, 0.4) is 0 Å². The van der Waals surface area contributed by atoms with Crippen molar-refractivity contribution in [1.29, 1.82) is 0 Å². The topological polar surface area (TPSA) is 73.9 Å². The normalized spacial score (nSPS) is 14.5. The number of methoxy groups -OCH3 is 6. The minimum Gasteiger partial charge on any atom is -0.493 e. The molecule has 9 nitrogen and oxygen atoms in total. The SMILES string of the molecule is COc1ccc(CNCCN2CCN(Cc3ccc(OC)c(OC)c3OC)CC2)c(OC)c1OC. The first-order valence-electron chi connectivity index (χ1n) is 11.8. The van der Waals surface area contributed by atoms with E-state index in [2.05, 4.69) is 21.2 Å².